The first-order chi connectivity index (χ1) is 10.1. The lowest BCUT2D eigenvalue weighted by Crippen LogP contribution is -2.45. The topological polar surface area (TPSA) is 50.5 Å². The minimum Gasteiger partial charge on any atom is -0.393 e. The van der Waals surface area contributed by atoms with Crippen molar-refractivity contribution in [1.29, 1.82) is 0 Å². The third kappa shape index (κ3) is 3.30. The van der Waals surface area contributed by atoms with E-state index in [0.717, 1.165) is 19.5 Å². The number of ether oxygens (including phenoxy) is 1. The summed E-state index contributed by atoms with van der Waals surface area (Å²) in [5, 5.41) is 14.7. The van der Waals surface area contributed by atoms with Gasteiger partial charge in [-0.05, 0) is 39.7 Å². The first-order valence-electron chi connectivity index (χ1n) is 8.18. The van der Waals surface area contributed by atoms with Gasteiger partial charge >= 0.3 is 0 Å². The molecule has 1 aromatic heterocycles. The molecule has 0 saturated carbocycles. The van der Waals surface area contributed by atoms with Gasteiger partial charge in [-0.3, -0.25) is 9.58 Å². The van der Waals surface area contributed by atoms with Crippen molar-refractivity contribution in [3.8, 4) is 0 Å². The average Bonchev–Trinajstić information content (AvgIpc) is 3.09. The third-order valence-corrected chi connectivity index (χ3v) is 4.84. The van der Waals surface area contributed by atoms with Crippen molar-refractivity contribution in [3.63, 3.8) is 0 Å². The zero-order valence-corrected chi connectivity index (χ0v) is 13.1. The number of aromatic nitrogens is 2. The summed E-state index contributed by atoms with van der Waals surface area (Å²) in [6.45, 7) is 7.73. The van der Waals surface area contributed by atoms with Gasteiger partial charge in [0.15, 0.2) is 0 Å². The van der Waals surface area contributed by atoms with Gasteiger partial charge in [0.1, 0.15) is 0 Å². The minimum absolute atomic E-state index is 0.206. The van der Waals surface area contributed by atoms with E-state index < -0.39 is 0 Å². The molecular weight excluding hydrogens is 266 g/mol. The normalized spacial score (nSPS) is 31.1. The molecule has 1 N–H and O–H groups in total. The van der Waals surface area contributed by atoms with Crippen molar-refractivity contribution < 1.29 is 9.84 Å². The van der Waals surface area contributed by atoms with E-state index in [2.05, 4.69) is 30.0 Å². The SMILES string of the molecule is CC(C)n1cc(CN2CCC[C@@H]2[C@H]2COCC[C@@H]2O)cn1. The molecule has 5 nitrogen and oxygen atoms in total. The Labute approximate surface area is 126 Å². The number of hydrogen-bond donors (Lipinski definition) is 1. The van der Waals surface area contributed by atoms with E-state index in [1.54, 1.807) is 0 Å². The molecule has 3 heterocycles. The van der Waals surface area contributed by atoms with Crippen molar-refractivity contribution in [2.24, 2.45) is 5.92 Å². The Kier molecular flexibility index (Phi) is 4.62. The number of likely N-dealkylation sites (tertiary alicyclic amines) is 1. The van der Waals surface area contributed by atoms with E-state index in [1.165, 1.54) is 18.4 Å². The second-order valence-electron chi connectivity index (χ2n) is 6.70. The molecular formula is C16H27N3O2. The molecule has 3 rings (SSSR count). The lowest BCUT2D eigenvalue weighted by Gasteiger charge is -2.36. The standard InChI is InChI=1S/C16H27N3O2/c1-12(2)19-10-13(8-17-19)9-18-6-3-4-15(18)14-11-21-7-5-16(14)20/h8,10,12,14-16,20H,3-7,9,11H2,1-2H3/t14-,15-,16+/m1/s1. The maximum atomic E-state index is 10.3. The summed E-state index contributed by atoms with van der Waals surface area (Å²) >= 11 is 0. The molecule has 0 amide bonds. The number of aliphatic hydroxyl groups excluding tert-OH is 1. The highest BCUT2D eigenvalue weighted by atomic mass is 16.5. The van der Waals surface area contributed by atoms with Crippen molar-refractivity contribution in [2.45, 2.75) is 57.8 Å². The number of hydrogen-bond acceptors (Lipinski definition) is 4. The molecule has 5 heteroatoms. The van der Waals surface area contributed by atoms with E-state index in [9.17, 15) is 5.11 Å². The molecule has 0 unspecified atom stereocenters. The molecule has 2 fully saturated rings. The van der Waals surface area contributed by atoms with Gasteiger partial charge in [0.25, 0.3) is 0 Å². The Morgan fingerprint density at radius 1 is 1.43 bits per heavy atom. The summed E-state index contributed by atoms with van der Waals surface area (Å²) in [5.74, 6) is 0.265. The maximum absolute atomic E-state index is 10.3. The lowest BCUT2D eigenvalue weighted by atomic mass is 9.89. The van der Waals surface area contributed by atoms with E-state index in [1.807, 2.05) is 10.9 Å². The Morgan fingerprint density at radius 3 is 3.00 bits per heavy atom. The Balaban J connectivity index is 1.65. The molecule has 0 radical (unpaired) electrons. The van der Waals surface area contributed by atoms with Crippen LogP contribution in [0.3, 0.4) is 0 Å². The highest BCUT2D eigenvalue weighted by Gasteiger charge is 2.37. The van der Waals surface area contributed by atoms with E-state index >= 15 is 0 Å². The second-order valence-corrected chi connectivity index (χ2v) is 6.70. The third-order valence-electron chi connectivity index (χ3n) is 4.84. The summed E-state index contributed by atoms with van der Waals surface area (Å²) < 4.78 is 7.61. The summed E-state index contributed by atoms with van der Waals surface area (Å²) in [6.07, 6.45) is 7.08. The van der Waals surface area contributed by atoms with Crippen LogP contribution in [0.4, 0.5) is 0 Å². The molecule has 0 bridgehead atoms. The number of aliphatic hydroxyl groups is 1. The molecule has 0 aromatic carbocycles. The number of rotatable bonds is 4. The van der Waals surface area contributed by atoms with Crippen LogP contribution in [-0.2, 0) is 11.3 Å². The average molecular weight is 293 g/mol. The summed E-state index contributed by atoms with van der Waals surface area (Å²) in [6, 6.07) is 0.851. The van der Waals surface area contributed by atoms with E-state index in [4.69, 9.17) is 4.74 Å². The van der Waals surface area contributed by atoms with Crippen molar-refractivity contribution >= 4 is 0 Å². The van der Waals surface area contributed by atoms with Crippen LogP contribution in [0, 0.1) is 5.92 Å². The van der Waals surface area contributed by atoms with Crippen LogP contribution in [-0.4, -0.2) is 51.7 Å². The number of nitrogens with zero attached hydrogens (tertiary/aromatic N) is 3. The Bertz CT molecular complexity index is 460. The van der Waals surface area contributed by atoms with Gasteiger partial charge in [0, 0.05) is 42.9 Å². The first kappa shape index (κ1) is 15.0. The summed E-state index contributed by atoms with van der Waals surface area (Å²) in [4.78, 5) is 2.50. The molecule has 2 aliphatic rings. The summed E-state index contributed by atoms with van der Waals surface area (Å²) in [7, 11) is 0. The lowest BCUT2D eigenvalue weighted by molar-refractivity contribution is -0.0636. The Morgan fingerprint density at radius 2 is 2.29 bits per heavy atom. The van der Waals surface area contributed by atoms with Crippen molar-refractivity contribution in [2.75, 3.05) is 19.8 Å². The minimum atomic E-state index is -0.206. The fourth-order valence-corrected chi connectivity index (χ4v) is 3.63. The van der Waals surface area contributed by atoms with Gasteiger partial charge in [-0.2, -0.15) is 5.10 Å². The van der Waals surface area contributed by atoms with Crippen LogP contribution in [0.5, 0.6) is 0 Å². The molecule has 118 valence electrons. The molecule has 0 spiro atoms. The van der Waals surface area contributed by atoms with Crippen LogP contribution in [0.2, 0.25) is 0 Å². The van der Waals surface area contributed by atoms with Crippen LogP contribution >= 0.6 is 0 Å². The molecule has 0 aliphatic carbocycles. The highest BCUT2D eigenvalue weighted by Crippen LogP contribution is 2.30. The second kappa shape index (κ2) is 6.46. The fraction of sp³-hybridized carbons (Fsp3) is 0.812. The van der Waals surface area contributed by atoms with Gasteiger partial charge in [-0.25, -0.2) is 0 Å². The molecule has 21 heavy (non-hydrogen) atoms. The zero-order chi connectivity index (χ0) is 14.8. The zero-order valence-electron chi connectivity index (χ0n) is 13.1. The van der Waals surface area contributed by atoms with E-state index in [-0.39, 0.29) is 12.0 Å². The molecule has 2 aliphatic heterocycles. The monoisotopic (exact) mass is 293 g/mol. The smallest absolute Gasteiger partial charge is 0.0627 e. The molecule has 2 saturated heterocycles. The Hall–Kier alpha value is -0.910. The van der Waals surface area contributed by atoms with Crippen molar-refractivity contribution in [3.05, 3.63) is 18.0 Å². The highest BCUT2D eigenvalue weighted by molar-refractivity contribution is 5.06. The van der Waals surface area contributed by atoms with Gasteiger partial charge < -0.3 is 9.84 Å². The first-order valence-corrected chi connectivity index (χ1v) is 8.18. The van der Waals surface area contributed by atoms with Gasteiger partial charge in [0.2, 0.25) is 0 Å². The van der Waals surface area contributed by atoms with Crippen LogP contribution in [0.15, 0.2) is 12.4 Å². The maximum Gasteiger partial charge on any atom is 0.0627 e. The van der Waals surface area contributed by atoms with Gasteiger partial charge in [-0.1, -0.05) is 0 Å². The van der Waals surface area contributed by atoms with Crippen LogP contribution in [0.1, 0.15) is 44.7 Å². The predicted molar refractivity (Wildman–Crippen MR) is 81.0 cm³/mol. The van der Waals surface area contributed by atoms with Gasteiger partial charge in [0.05, 0.1) is 18.9 Å². The quantitative estimate of drug-likeness (QED) is 0.920. The van der Waals surface area contributed by atoms with Crippen LogP contribution < -0.4 is 0 Å². The summed E-state index contributed by atoms with van der Waals surface area (Å²) in [5.41, 5.74) is 1.27. The van der Waals surface area contributed by atoms with E-state index in [0.29, 0.717) is 25.3 Å². The fourth-order valence-electron chi connectivity index (χ4n) is 3.63. The molecule has 1 aromatic rings. The van der Waals surface area contributed by atoms with Crippen molar-refractivity contribution in [1.82, 2.24) is 14.7 Å². The van der Waals surface area contributed by atoms with Gasteiger partial charge in [-0.15, -0.1) is 0 Å². The molecule has 3 atom stereocenters. The largest absolute Gasteiger partial charge is 0.393 e. The predicted octanol–water partition coefficient (Wildman–Crippen LogP) is 1.83. The van der Waals surface area contributed by atoms with Crippen LogP contribution in [0.25, 0.3) is 0 Å².